The highest BCUT2D eigenvalue weighted by Gasteiger charge is 2.17. The lowest BCUT2D eigenvalue weighted by molar-refractivity contribution is 0.183. The lowest BCUT2D eigenvalue weighted by Gasteiger charge is -2.28. The summed E-state index contributed by atoms with van der Waals surface area (Å²) in [5.41, 5.74) is 2.36. The highest BCUT2D eigenvalue weighted by molar-refractivity contribution is 5.51. The van der Waals surface area contributed by atoms with Gasteiger partial charge in [-0.15, -0.1) is 0 Å². The van der Waals surface area contributed by atoms with Gasteiger partial charge in [-0.05, 0) is 18.1 Å². The number of nitrogens with zero attached hydrogens (tertiary/aromatic N) is 1. The number of hydrogen-bond acceptors (Lipinski definition) is 5. The van der Waals surface area contributed by atoms with Gasteiger partial charge in [0.1, 0.15) is 0 Å². The van der Waals surface area contributed by atoms with E-state index in [0.717, 1.165) is 50.6 Å². The summed E-state index contributed by atoms with van der Waals surface area (Å²) in [6.07, 6.45) is 0.944. The van der Waals surface area contributed by atoms with E-state index in [0.29, 0.717) is 6.61 Å². The maximum Gasteiger partial charge on any atom is 0.164 e. The number of benzene rings is 1. The zero-order valence-electron chi connectivity index (χ0n) is 13.3. The zero-order chi connectivity index (χ0) is 15.1. The number of ether oxygens (including phenoxy) is 3. The SMILES string of the molecule is COCc1ccc(OC)c(OC)c1CCN1CCNCC1. The Bertz CT molecular complexity index is 445. The smallest absolute Gasteiger partial charge is 0.164 e. The van der Waals surface area contributed by atoms with E-state index in [1.165, 1.54) is 11.1 Å². The quantitative estimate of drug-likeness (QED) is 0.821. The number of rotatable bonds is 7. The standard InChI is InChI=1S/C16H26N2O3/c1-19-12-13-4-5-15(20-2)16(21-3)14(13)6-9-18-10-7-17-8-11-18/h4-5,17H,6-12H2,1-3H3. The molecule has 0 atom stereocenters. The Hall–Kier alpha value is -1.30. The fourth-order valence-corrected chi connectivity index (χ4v) is 2.80. The summed E-state index contributed by atoms with van der Waals surface area (Å²) in [5.74, 6) is 1.62. The van der Waals surface area contributed by atoms with Crippen LogP contribution in [-0.4, -0.2) is 59.0 Å². The first-order valence-corrected chi connectivity index (χ1v) is 7.45. The second-order valence-electron chi connectivity index (χ2n) is 5.21. The molecule has 1 aromatic carbocycles. The van der Waals surface area contributed by atoms with Gasteiger partial charge in [-0.2, -0.15) is 0 Å². The molecule has 1 saturated heterocycles. The molecule has 118 valence electrons. The van der Waals surface area contributed by atoms with Crippen molar-refractivity contribution in [3.05, 3.63) is 23.3 Å². The van der Waals surface area contributed by atoms with Crippen LogP contribution in [-0.2, 0) is 17.8 Å². The van der Waals surface area contributed by atoms with E-state index in [4.69, 9.17) is 14.2 Å². The predicted molar refractivity (Wildman–Crippen MR) is 83.3 cm³/mol. The van der Waals surface area contributed by atoms with Crippen LogP contribution in [0.25, 0.3) is 0 Å². The normalized spacial score (nSPS) is 16.0. The fraction of sp³-hybridized carbons (Fsp3) is 0.625. The van der Waals surface area contributed by atoms with Gasteiger partial charge >= 0.3 is 0 Å². The Morgan fingerprint density at radius 2 is 1.86 bits per heavy atom. The van der Waals surface area contributed by atoms with Gasteiger partial charge in [0.05, 0.1) is 20.8 Å². The summed E-state index contributed by atoms with van der Waals surface area (Å²) in [4.78, 5) is 2.48. The lowest BCUT2D eigenvalue weighted by atomic mass is 10.0. The van der Waals surface area contributed by atoms with Crippen LogP contribution in [0, 0.1) is 0 Å². The number of nitrogens with one attached hydrogen (secondary N) is 1. The van der Waals surface area contributed by atoms with Gasteiger partial charge in [0, 0.05) is 45.4 Å². The molecule has 1 aliphatic heterocycles. The average molecular weight is 294 g/mol. The highest BCUT2D eigenvalue weighted by atomic mass is 16.5. The first-order chi connectivity index (χ1) is 10.3. The van der Waals surface area contributed by atoms with Crippen LogP contribution in [0.2, 0.25) is 0 Å². The van der Waals surface area contributed by atoms with Crippen molar-refractivity contribution < 1.29 is 14.2 Å². The molecule has 1 aliphatic rings. The van der Waals surface area contributed by atoms with E-state index in [2.05, 4.69) is 16.3 Å². The summed E-state index contributed by atoms with van der Waals surface area (Å²) in [6, 6.07) is 4.01. The highest BCUT2D eigenvalue weighted by Crippen LogP contribution is 2.34. The summed E-state index contributed by atoms with van der Waals surface area (Å²) >= 11 is 0. The Morgan fingerprint density at radius 1 is 1.10 bits per heavy atom. The molecule has 0 unspecified atom stereocenters. The molecule has 21 heavy (non-hydrogen) atoms. The number of hydrogen-bond donors (Lipinski definition) is 1. The van der Waals surface area contributed by atoms with E-state index in [1.54, 1.807) is 21.3 Å². The van der Waals surface area contributed by atoms with Crippen molar-refractivity contribution in [3.8, 4) is 11.5 Å². The molecule has 0 bridgehead atoms. The minimum atomic E-state index is 0.594. The van der Waals surface area contributed by atoms with E-state index < -0.39 is 0 Å². The maximum atomic E-state index is 5.58. The van der Waals surface area contributed by atoms with E-state index in [1.807, 2.05) is 6.07 Å². The van der Waals surface area contributed by atoms with E-state index in [-0.39, 0.29) is 0 Å². The third kappa shape index (κ3) is 4.09. The number of piperazine rings is 1. The van der Waals surface area contributed by atoms with Gasteiger partial charge < -0.3 is 24.4 Å². The van der Waals surface area contributed by atoms with Crippen LogP contribution in [0.1, 0.15) is 11.1 Å². The molecule has 0 aliphatic carbocycles. The molecule has 0 amide bonds. The molecule has 2 rings (SSSR count). The molecular weight excluding hydrogens is 268 g/mol. The first kappa shape index (κ1) is 16.1. The molecule has 5 nitrogen and oxygen atoms in total. The molecule has 1 heterocycles. The molecular formula is C16H26N2O3. The predicted octanol–water partition coefficient (Wildman–Crippen LogP) is 1.30. The summed E-state index contributed by atoms with van der Waals surface area (Å²) in [7, 11) is 5.09. The molecule has 0 saturated carbocycles. The molecule has 1 fully saturated rings. The molecule has 1 N–H and O–H groups in total. The fourth-order valence-electron chi connectivity index (χ4n) is 2.80. The third-order valence-corrected chi connectivity index (χ3v) is 3.93. The Labute approximate surface area is 127 Å². The Kier molecular flexibility index (Phi) is 6.29. The zero-order valence-corrected chi connectivity index (χ0v) is 13.3. The number of methoxy groups -OCH3 is 3. The summed E-state index contributed by atoms with van der Waals surface area (Å²) < 4.78 is 16.3. The Balaban J connectivity index is 2.16. The van der Waals surface area contributed by atoms with Crippen LogP contribution >= 0.6 is 0 Å². The molecule has 0 radical (unpaired) electrons. The van der Waals surface area contributed by atoms with Crippen molar-refractivity contribution in [1.82, 2.24) is 10.2 Å². The Morgan fingerprint density at radius 3 is 2.48 bits per heavy atom. The van der Waals surface area contributed by atoms with Gasteiger partial charge in [0.15, 0.2) is 11.5 Å². The maximum absolute atomic E-state index is 5.58. The van der Waals surface area contributed by atoms with E-state index >= 15 is 0 Å². The van der Waals surface area contributed by atoms with Gasteiger partial charge in [0.2, 0.25) is 0 Å². The van der Waals surface area contributed by atoms with E-state index in [9.17, 15) is 0 Å². The third-order valence-electron chi connectivity index (χ3n) is 3.93. The van der Waals surface area contributed by atoms with Crippen LogP contribution < -0.4 is 14.8 Å². The lowest BCUT2D eigenvalue weighted by Crippen LogP contribution is -2.44. The summed E-state index contributed by atoms with van der Waals surface area (Å²) in [5, 5.41) is 3.38. The van der Waals surface area contributed by atoms with Crippen molar-refractivity contribution >= 4 is 0 Å². The average Bonchev–Trinajstić information content (AvgIpc) is 2.54. The monoisotopic (exact) mass is 294 g/mol. The van der Waals surface area contributed by atoms with Crippen molar-refractivity contribution in [2.75, 3.05) is 54.1 Å². The first-order valence-electron chi connectivity index (χ1n) is 7.45. The second-order valence-corrected chi connectivity index (χ2v) is 5.21. The largest absolute Gasteiger partial charge is 0.493 e. The van der Waals surface area contributed by atoms with Crippen molar-refractivity contribution in [1.29, 1.82) is 0 Å². The van der Waals surface area contributed by atoms with Crippen LogP contribution in [0.3, 0.4) is 0 Å². The van der Waals surface area contributed by atoms with Crippen molar-refractivity contribution in [2.24, 2.45) is 0 Å². The van der Waals surface area contributed by atoms with Crippen LogP contribution in [0.5, 0.6) is 11.5 Å². The minimum Gasteiger partial charge on any atom is -0.493 e. The van der Waals surface area contributed by atoms with Crippen molar-refractivity contribution in [2.45, 2.75) is 13.0 Å². The molecule has 5 heteroatoms. The minimum absolute atomic E-state index is 0.594. The molecule has 0 spiro atoms. The van der Waals surface area contributed by atoms with Gasteiger partial charge in [-0.25, -0.2) is 0 Å². The topological polar surface area (TPSA) is 43.0 Å². The van der Waals surface area contributed by atoms with Crippen LogP contribution in [0.4, 0.5) is 0 Å². The van der Waals surface area contributed by atoms with Gasteiger partial charge in [0.25, 0.3) is 0 Å². The van der Waals surface area contributed by atoms with Gasteiger partial charge in [-0.1, -0.05) is 6.07 Å². The summed E-state index contributed by atoms with van der Waals surface area (Å²) in [6.45, 7) is 5.97. The van der Waals surface area contributed by atoms with Gasteiger partial charge in [-0.3, -0.25) is 0 Å². The van der Waals surface area contributed by atoms with Crippen LogP contribution in [0.15, 0.2) is 12.1 Å². The molecule has 1 aromatic rings. The second kappa shape index (κ2) is 8.22. The van der Waals surface area contributed by atoms with Crippen molar-refractivity contribution in [3.63, 3.8) is 0 Å². The molecule has 0 aromatic heterocycles.